The molecule has 2 fully saturated rings. The van der Waals surface area contributed by atoms with Gasteiger partial charge in [-0.1, -0.05) is 42.0 Å². The van der Waals surface area contributed by atoms with E-state index in [1.54, 1.807) is 35.3 Å². The molecule has 5 rings (SSSR count). The zero-order chi connectivity index (χ0) is 23.3. The first-order valence-corrected chi connectivity index (χ1v) is 11.4. The maximum absolute atomic E-state index is 14.1. The Bertz CT molecular complexity index is 1050. The number of likely N-dealkylation sites (tertiary alicyclic amines) is 1. The smallest absolute Gasteiger partial charge is 0.313 e. The SMILES string of the molecule is Cc1cccc(Cl)c1N1CC=C[C@]23O[C@H]4C=CCOC(=O)[C@H]4[C@H]2C(=O)N(CCCO)C3C1=O. The van der Waals surface area contributed by atoms with Crippen LogP contribution in [0.1, 0.15) is 12.0 Å². The number of carbonyl (C=O) groups excluding carboxylic acids is 3. The van der Waals surface area contributed by atoms with E-state index in [9.17, 15) is 19.5 Å². The molecule has 1 N–H and O–H groups in total. The molecule has 1 spiro atoms. The van der Waals surface area contributed by atoms with Gasteiger partial charge in [0.05, 0.1) is 22.7 Å². The van der Waals surface area contributed by atoms with Crippen LogP contribution in [0.25, 0.3) is 0 Å². The summed E-state index contributed by atoms with van der Waals surface area (Å²) >= 11 is 6.49. The fourth-order valence-corrected chi connectivity index (χ4v) is 5.94. The standard InChI is InChI=1S/C24H25ClN2O6/c1-14-6-2-7-15(25)19(14)26-10-4-9-24-18(17-16(33-24)8-3-13-32-23(17)31)21(29)27(11-5-12-28)20(24)22(26)30/h2-4,6-9,16-18,20,28H,5,10-13H2,1H3/t16-,17+,18-,20?,24-/m0/s1. The summed E-state index contributed by atoms with van der Waals surface area (Å²) < 4.78 is 11.7. The number of amides is 2. The zero-order valence-electron chi connectivity index (χ0n) is 18.1. The predicted molar refractivity (Wildman–Crippen MR) is 120 cm³/mol. The fourth-order valence-electron chi connectivity index (χ4n) is 5.62. The summed E-state index contributed by atoms with van der Waals surface area (Å²) in [5.41, 5.74) is 0.0891. The van der Waals surface area contributed by atoms with Crippen LogP contribution in [-0.2, 0) is 23.9 Å². The minimum Gasteiger partial charge on any atom is -0.461 e. The van der Waals surface area contributed by atoms with Crippen molar-refractivity contribution >= 4 is 35.1 Å². The number of aliphatic hydroxyl groups excluding tert-OH is 1. The lowest BCUT2D eigenvalue weighted by atomic mass is 9.78. The summed E-state index contributed by atoms with van der Waals surface area (Å²) in [5.74, 6) is -2.92. The van der Waals surface area contributed by atoms with Crippen molar-refractivity contribution < 1.29 is 29.0 Å². The molecule has 9 heteroatoms. The van der Waals surface area contributed by atoms with Crippen LogP contribution in [-0.4, -0.2) is 71.8 Å². The van der Waals surface area contributed by atoms with E-state index in [0.717, 1.165) is 5.56 Å². The van der Waals surface area contributed by atoms with E-state index >= 15 is 0 Å². The topological polar surface area (TPSA) is 96.4 Å². The number of nitrogens with zero attached hydrogens (tertiary/aromatic N) is 2. The van der Waals surface area contributed by atoms with Crippen molar-refractivity contribution in [2.24, 2.45) is 11.8 Å². The Morgan fingerprint density at radius 3 is 2.79 bits per heavy atom. The van der Waals surface area contributed by atoms with Crippen molar-refractivity contribution in [3.63, 3.8) is 0 Å². The highest BCUT2D eigenvalue weighted by Crippen LogP contribution is 2.53. The molecule has 4 heterocycles. The number of esters is 1. The third-order valence-corrected chi connectivity index (χ3v) is 7.23. The van der Waals surface area contributed by atoms with E-state index in [2.05, 4.69) is 0 Å². The number of hydrogen-bond donors (Lipinski definition) is 1. The first-order chi connectivity index (χ1) is 15.9. The van der Waals surface area contributed by atoms with Gasteiger partial charge in [-0.15, -0.1) is 0 Å². The number of anilines is 1. The third-order valence-electron chi connectivity index (χ3n) is 6.93. The Morgan fingerprint density at radius 2 is 2.03 bits per heavy atom. The number of para-hydroxylation sites is 1. The molecule has 1 aromatic rings. The molecule has 2 amide bonds. The number of fused-ring (bicyclic) bond motifs is 2. The molecule has 0 bridgehead atoms. The second-order valence-electron chi connectivity index (χ2n) is 8.77. The third kappa shape index (κ3) is 3.23. The molecule has 0 aliphatic carbocycles. The second kappa shape index (κ2) is 8.27. The number of benzene rings is 1. The summed E-state index contributed by atoms with van der Waals surface area (Å²) in [7, 11) is 0. The Kier molecular flexibility index (Phi) is 5.55. The zero-order valence-corrected chi connectivity index (χ0v) is 18.9. The average molecular weight is 473 g/mol. The fraction of sp³-hybridized carbons (Fsp3) is 0.458. The largest absolute Gasteiger partial charge is 0.461 e. The highest BCUT2D eigenvalue weighted by Gasteiger charge is 2.71. The molecule has 1 unspecified atom stereocenters. The molecule has 0 saturated carbocycles. The predicted octanol–water partition coefficient (Wildman–Crippen LogP) is 1.63. The van der Waals surface area contributed by atoms with E-state index in [-0.39, 0.29) is 38.1 Å². The number of halogens is 1. The molecule has 174 valence electrons. The van der Waals surface area contributed by atoms with Gasteiger partial charge in [-0.3, -0.25) is 14.4 Å². The molecular formula is C24H25ClN2O6. The molecule has 33 heavy (non-hydrogen) atoms. The van der Waals surface area contributed by atoms with E-state index < -0.39 is 35.6 Å². The summed E-state index contributed by atoms with van der Waals surface area (Å²) in [6.07, 6.45) is 6.64. The van der Waals surface area contributed by atoms with Gasteiger partial charge in [0.2, 0.25) is 5.91 Å². The normalized spacial score (nSPS) is 32.9. The molecule has 0 radical (unpaired) electrons. The van der Waals surface area contributed by atoms with Gasteiger partial charge < -0.3 is 24.4 Å². The molecule has 0 aromatic heterocycles. The molecular weight excluding hydrogens is 448 g/mol. The van der Waals surface area contributed by atoms with Crippen molar-refractivity contribution in [2.75, 3.05) is 31.2 Å². The molecule has 8 nitrogen and oxygen atoms in total. The lowest BCUT2D eigenvalue weighted by Crippen LogP contribution is -2.55. The maximum Gasteiger partial charge on any atom is 0.313 e. The number of aryl methyl sites for hydroxylation is 1. The van der Waals surface area contributed by atoms with Crippen molar-refractivity contribution in [2.45, 2.75) is 31.1 Å². The number of carbonyl (C=O) groups is 3. The molecule has 4 aliphatic rings. The number of hydrogen-bond acceptors (Lipinski definition) is 6. The molecule has 2 saturated heterocycles. The minimum absolute atomic E-state index is 0.120. The Balaban J connectivity index is 1.64. The summed E-state index contributed by atoms with van der Waals surface area (Å²) in [5, 5.41) is 9.85. The van der Waals surface area contributed by atoms with Crippen LogP contribution in [0.3, 0.4) is 0 Å². The quantitative estimate of drug-likeness (QED) is 0.528. The second-order valence-corrected chi connectivity index (χ2v) is 9.17. The van der Waals surface area contributed by atoms with Crippen LogP contribution >= 0.6 is 11.6 Å². The summed E-state index contributed by atoms with van der Waals surface area (Å²) in [6.45, 7) is 2.27. The molecule has 4 aliphatic heterocycles. The number of aliphatic hydroxyl groups is 1. The van der Waals surface area contributed by atoms with Crippen molar-refractivity contribution in [3.8, 4) is 0 Å². The van der Waals surface area contributed by atoms with Gasteiger partial charge >= 0.3 is 5.97 Å². The van der Waals surface area contributed by atoms with Gasteiger partial charge in [-0.2, -0.15) is 0 Å². The van der Waals surface area contributed by atoms with Gasteiger partial charge in [0.25, 0.3) is 5.91 Å². The first kappa shape index (κ1) is 22.1. The lowest BCUT2D eigenvalue weighted by Gasteiger charge is -2.35. The maximum atomic E-state index is 14.1. The van der Waals surface area contributed by atoms with Gasteiger partial charge in [-0.05, 0) is 31.1 Å². The average Bonchev–Trinajstić information content (AvgIpc) is 3.08. The van der Waals surface area contributed by atoms with E-state index in [1.807, 2.05) is 19.1 Å². The number of cyclic esters (lactones) is 1. The van der Waals surface area contributed by atoms with Crippen LogP contribution in [0.4, 0.5) is 5.69 Å². The molecule has 1 aromatic carbocycles. The van der Waals surface area contributed by atoms with Gasteiger partial charge in [0.1, 0.15) is 24.2 Å². The van der Waals surface area contributed by atoms with E-state index in [4.69, 9.17) is 21.1 Å². The van der Waals surface area contributed by atoms with Gasteiger partial charge in [0.15, 0.2) is 0 Å². The summed E-state index contributed by atoms with van der Waals surface area (Å²) in [4.78, 5) is 43.7. The van der Waals surface area contributed by atoms with E-state index in [1.165, 1.54) is 4.90 Å². The number of rotatable bonds is 4. The number of ether oxygens (including phenoxy) is 2. The monoisotopic (exact) mass is 472 g/mol. The Hall–Kier alpha value is -2.68. The lowest BCUT2D eigenvalue weighted by molar-refractivity contribution is -0.152. The highest BCUT2D eigenvalue weighted by atomic mass is 35.5. The Morgan fingerprint density at radius 1 is 1.21 bits per heavy atom. The van der Waals surface area contributed by atoms with Crippen LogP contribution in [0, 0.1) is 18.8 Å². The van der Waals surface area contributed by atoms with E-state index in [0.29, 0.717) is 17.1 Å². The minimum atomic E-state index is -1.32. The van der Waals surface area contributed by atoms with Crippen LogP contribution in [0.5, 0.6) is 0 Å². The van der Waals surface area contributed by atoms with Crippen LogP contribution < -0.4 is 4.90 Å². The Labute approximate surface area is 196 Å². The van der Waals surface area contributed by atoms with Crippen LogP contribution in [0.15, 0.2) is 42.5 Å². The molecule has 5 atom stereocenters. The highest BCUT2D eigenvalue weighted by molar-refractivity contribution is 6.34. The van der Waals surface area contributed by atoms with Crippen molar-refractivity contribution in [1.82, 2.24) is 4.90 Å². The van der Waals surface area contributed by atoms with Gasteiger partial charge in [-0.25, -0.2) is 0 Å². The van der Waals surface area contributed by atoms with Crippen LogP contribution in [0.2, 0.25) is 5.02 Å². The van der Waals surface area contributed by atoms with Crippen molar-refractivity contribution in [1.29, 1.82) is 0 Å². The van der Waals surface area contributed by atoms with Crippen molar-refractivity contribution in [3.05, 3.63) is 53.1 Å². The van der Waals surface area contributed by atoms with Gasteiger partial charge in [0, 0.05) is 19.7 Å². The first-order valence-electron chi connectivity index (χ1n) is 11.1. The summed E-state index contributed by atoms with van der Waals surface area (Å²) in [6, 6.07) is 4.41.